The molecule has 0 fully saturated rings. The SMILES string of the molecule is Cc1ccccc1CC(=O)Nc1ccccc1C(=O)NCc1ccccc1. The van der Waals surface area contributed by atoms with E-state index in [0.29, 0.717) is 17.8 Å². The molecule has 2 amide bonds. The van der Waals surface area contributed by atoms with Crippen LogP contribution in [0.5, 0.6) is 0 Å². The van der Waals surface area contributed by atoms with E-state index in [2.05, 4.69) is 10.6 Å². The molecule has 3 rings (SSSR count). The highest BCUT2D eigenvalue weighted by atomic mass is 16.2. The maximum Gasteiger partial charge on any atom is 0.253 e. The highest BCUT2D eigenvalue weighted by Crippen LogP contribution is 2.16. The van der Waals surface area contributed by atoms with Crippen LogP contribution in [-0.4, -0.2) is 11.8 Å². The number of benzene rings is 3. The van der Waals surface area contributed by atoms with Gasteiger partial charge in [0, 0.05) is 6.54 Å². The Labute approximate surface area is 159 Å². The summed E-state index contributed by atoms with van der Waals surface area (Å²) in [7, 11) is 0. The molecule has 2 N–H and O–H groups in total. The van der Waals surface area contributed by atoms with E-state index in [1.54, 1.807) is 24.3 Å². The summed E-state index contributed by atoms with van der Waals surface area (Å²) in [6.07, 6.45) is 0.270. The molecule has 4 heteroatoms. The van der Waals surface area contributed by atoms with Gasteiger partial charge in [0.05, 0.1) is 17.7 Å². The maximum atomic E-state index is 12.6. The van der Waals surface area contributed by atoms with E-state index in [0.717, 1.165) is 16.7 Å². The summed E-state index contributed by atoms with van der Waals surface area (Å²) in [5.41, 5.74) is 4.03. The van der Waals surface area contributed by atoms with Crippen molar-refractivity contribution in [3.8, 4) is 0 Å². The number of anilines is 1. The molecule has 0 bridgehead atoms. The van der Waals surface area contributed by atoms with Gasteiger partial charge in [-0.3, -0.25) is 9.59 Å². The average molecular weight is 358 g/mol. The first kappa shape index (κ1) is 18.4. The third kappa shape index (κ3) is 5.05. The number of carbonyl (C=O) groups is 2. The lowest BCUT2D eigenvalue weighted by molar-refractivity contribution is -0.115. The first-order chi connectivity index (χ1) is 13.1. The lowest BCUT2D eigenvalue weighted by Gasteiger charge is -2.12. The Balaban J connectivity index is 1.67. The van der Waals surface area contributed by atoms with Crippen LogP contribution in [0.2, 0.25) is 0 Å². The van der Waals surface area contributed by atoms with Crippen LogP contribution >= 0.6 is 0 Å². The minimum absolute atomic E-state index is 0.146. The zero-order chi connectivity index (χ0) is 19.1. The van der Waals surface area contributed by atoms with Crippen LogP contribution in [0, 0.1) is 6.92 Å². The average Bonchev–Trinajstić information content (AvgIpc) is 2.69. The molecule has 0 saturated heterocycles. The van der Waals surface area contributed by atoms with Crippen LogP contribution < -0.4 is 10.6 Å². The van der Waals surface area contributed by atoms with Crippen molar-refractivity contribution in [2.75, 3.05) is 5.32 Å². The number of carbonyl (C=O) groups excluding carboxylic acids is 2. The van der Waals surface area contributed by atoms with Gasteiger partial charge in [-0.2, -0.15) is 0 Å². The quantitative estimate of drug-likeness (QED) is 0.697. The van der Waals surface area contributed by atoms with Gasteiger partial charge in [0.25, 0.3) is 5.91 Å². The lowest BCUT2D eigenvalue weighted by Crippen LogP contribution is -2.25. The van der Waals surface area contributed by atoms with E-state index >= 15 is 0 Å². The molecule has 0 aliphatic heterocycles. The Morgan fingerprint density at radius 1 is 0.815 bits per heavy atom. The number of aryl methyl sites for hydroxylation is 1. The number of amides is 2. The molecular formula is C23H22N2O2. The van der Waals surface area contributed by atoms with Crippen molar-refractivity contribution in [2.24, 2.45) is 0 Å². The topological polar surface area (TPSA) is 58.2 Å². The number of rotatable bonds is 6. The highest BCUT2D eigenvalue weighted by Gasteiger charge is 2.13. The molecule has 136 valence electrons. The molecule has 0 aromatic heterocycles. The van der Waals surface area contributed by atoms with Crippen molar-refractivity contribution in [1.82, 2.24) is 5.32 Å². The smallest absolute Gasteiger partial charge is 0.253 e. The van der Waals surface area contributed by atoms with Gasteiger partial charge in [-0.05, 0) is 35.7 Å². The summed E-state index contributed by atoms with van der Waals surface area (Å²) in [6.45, 7) is 2.42. The third-order valence-electron chi connectivity index (χ3n) is 4.35. The zero-order valence-corrected chi connectivity index (χ0v) is 15.2. The predicted molar refractivity (Wildman–Crippen MR) is 108 cm³/mol. The van der Waals surface area contributed by atoms with Crippen molar-refractivity contribution in [2.45, 2.75) is 19.9 Å². The van der Waals surface area contributed by atoms with Crippen molar-refractivity contribution in [3.05, 3.63) is 101 Å². The van der Waals surface area contributed by atoms with Gasteiger partial charge >= 0.3 is 0 Å². The Hall–Kier alpha value is -3.40. The zero-order valence-electron chi connectivity index (χ0n) is 15.2. The molecule has 0 unspecified atom stereocenters. The largest absolute Gasteiger partial charge is 0.348 e. The Kier molecular flexibility index (Phi) is 6.00. The van der Waals surface area contributed by atoms with Crippen LogP contribution in [0.4, 0.5) is 5.69 Å². The fraction of sp³-hybridized carbons (Fsp3) is 0.130. The van der Waals surface area contributed by atoms with Crippen molar-refractivity contribution >= 4 is 17.5 Å². The summed E-state index contributed by atoms with van der Waals surface area (Å²) in [6, 6.07) is 24.5. The molecule has 0 radical (unpaired) electrons. The maximum absolute atomic E-state index is 12.6. The summed E-state index contributed by atoms with van der Waals surface area (Å²) in [5, 5.41) is 5.76. The van der Waals surface area contributed by atoms with Crippen LogP contribution in [0.3, 0.4) is 0 Å². The summed E-state index contributed by atoms with van der Waals surface area (Å²) in [4.78, 5) is 25.0. The van der Waals surface area contributed by atoms with Crippen LogP contribution in [0.25, 0.3) is 0 Å². The van der Waals surface area contributed by atoms with Gasteiger partial charge < -0.3 is 10.6 Å². The van der Waals surface area contributed by atoms with E-state index in [4.69, 9.17) is 0 Å². The molecule has 0 heterocycles. The molecule has 0 saturated carbocycles. The van der Waals surface area contributed by atoms with E-state index in [-0.39, 0.29) is 18.2 Å². The third-order valence-corrected chi connectivity index (χ3v) is 4.35. The molecule has 0 atom stereocenters. The molecule has 0 spiro atoms. The highest BCUT2D eigenvalue weighted by molar-refractivity contribution is 6.04. The molecule has 27 heavy (non-hydrogen) atoms. The fourth-order valence-electron chi connectivity index (χ4n) is 2.84. The number of hydrogen-bond donors (Lipinski definition) is 2. The molecule has 4 nitrogen and oxygen atoms in total. The van der Waals surface area contributed by atoms with Crippen molar-refractivity contribution in [1.29, 1.82) is 0 Å². The molecule has 0 aliphatic rings. The molecule has 3 aromatic rings. The van der Waals surface area contributed by atoms with Crippen molar-refractivity contribution < 1.29 is 9.59 Å². The predicted octanol–water partition coefficient (Wildman–Crippen LogP) is 4.11. The van der Waals surface area contributed by atoms with Gasteiger partial charge in [0.2, 0.25) is 5.91 Å². The summed E-state index contributed by atoms with van der Waals surface area (Å²) < 4.78 is 0. The Morgan fingerprint density at radius 2 is 1.48 bits per heavy atom. The fourth-order valence-corrected chi connectivity index (χ4v) is 2.84. The lowest BCUT2D eigenvalue weighted by atomic mass is 10.1. The first-order valence-corrected chi connectivity index (χ1v) is 8.89. The second-order valence-corrected chi connectivity index (χ2v) is 6.37. The van der Waals surface area contributed by atoms with Gasteiger partial charge in [0.1, 0.15) is 0 Å². The number of para-hydroxylation sites is 1. The monoisotopic (exact) mass is 358 g/mol. The molecular weight excluding hydrogens is 336 g/mol. The van der Waals surface area contributed by atoms with E-state index < -0.39 is 0 Å². The van der Waals surface area contributed by atoms with Gasteiger partial charge in [0.15, 0.2) is 0 Å². The first-order valence-electron chi connectivity index (χ1n) is 8.89. The van der Waals surface area contributed by atoms with Crippen LogP contribution in [-0.2, 0) is 17.8 Å². The standard InChI is InChI=1S/C23H22N2O2/c1-17-9-5-6-12-19(17)15-22(26)25-21-14-8-7-13-20(21)23(27)24-16-18-10-3-2-4-11-18/h2-14H,15-16H2,1H3,(H,24,27)(H,25,26). The van der Waals surface area contributed by atoms with E-state index in [1.807, 2.05) is 61.5 Å². The van der Waals surface area contributed by atoms with E-state index in [1.165, 1.54) is 0 Å². The molecule has 3 aromatic carbocycles. The summed E-state index contributed by atoms with van der Waals surface area (Å²) in [5.74, 6) is -0.363. The van der Waals surface area contributed by atoms with Crippen molar-refractivity contribution in [3.63, 3.8) is 0 Å². The van der Waals surface area contributed by atoms with E-state index in [9.17, 15) is 9.59 Å². The van der Waals surface area contributed by atoms with Crippen LogP contribution in [0.1, 0.15) is 27.0 Å². The Bertz CT molecular complexity index is 936. The van der Waals surface area contributed by atoms with Gasteiger partial charge in [-0.15, -0.1) is 0 Å². The Morgan fingerprint density at radius 3 is 2.26 bits per heavy atom. The minimum atomic E-state index is -0.217. The summed E-state index contributed by atoms with van der Waals surface area (Å²) >= 11 is 0. The second-order valence-electron chi connectivity index (χ2n) is 6.37. The number of hydrogen-bond acceptors (Lipinski definition) is 2. The normalized spacial score (nSPS) is 10.3. The van der Waals surface area contributed by atoms with Crippen LogP contribution in [0.15, 0.2) is 78.9 Å². The minimum Gasteiger partial charge on any atom is -0.348 e. The second kappa shape index (κ2) is 8.81. The number of nitrogens with one attached hydrogen (secondary N) is 2. The van der Waals surface area contributed by atoms with Gasteiger partial charge in [-0.1, -0.05) is 66.7 Å². The van der Waals surface area contributed by atoms with Gasteiger partial charge in [-0.25, -0.2) is 0 Å². The molecule has 0 aliphatic carbocycles.